The minimum atomic E-state index is 0.429. The van der Waals surface area contributed by atoms with Crippen LogP contribution in [0.3, 0.4) is 0 Å². The summed E-state index contributed by atoms with van der Waals surface area (Å²) < 4.78 is 10.7. The lowest BCUT2D eigenvalue weighted by Gasteiger charge is -2.19. The van der Waals surface area contributed by atoms with Crippen LogP contribution in [-0.2, 0) is 12.8 Å². The predicted molar refractivity (Wildman–Crippen MR) is 87.3 cm³/mol. The van der Waals surface area contributed by atoms with Crippen molar-refractivity contribution in [2.75, 3.05) is 20.0 Å². The van der Waals surface area contributed by atoms with Gasteiger partial charge in [-0.15, -0.1) is 0 Å². The van der Waals surface area contributed by atoms with Crippen LogP contribution in [0.15, 0.2) is 18.2 Å². The Bertz CT molecular complexity index is 794. The zero-order valence-electron chi connectivity index (χ0n) is 13.4. The van der Waals surface area contributed by atoms with Gasteiger partial charge < -0.3 is 9.47 Å². The quantitative estimate of drug-likeness (QED) is 0.944. The third-order valence-corrected chi connectivity index (χ3v) is 4.36. The molecule has 3 N–H and O–H groups in total. The normalized spacial score (nSPS) is 13.1. The van der Waals surface area contributed by atoms with Crippen molar-refractivity contribution in [3.05, 3.63) is 35.0 Å². The molecule has 0 fully saturated rings. The molecular formula is C18H20N3O2+. The topological polar surface area (TPSA) is 82.4 Å². The van der Waals surface area contributed by atoms with E-state index in [9.17, 15) is 5.26 Å². The lowest BCUT2D eigenvalue weighted by molar-refractivity contribution is -0.374. The number of nitrogens with zero attached hydrogens (tertiary/aromatic N) is 1. The van der Waals surface area contributed by atoms with Crippen LogP contribution in [0.2, 0.25) is 0 Å². The highest BCUT2D eigenvalue weighted by Gasteiger charge is 2.25. The molecule has 1 aromatic carbocycles. The number of ether oxygens (including phenoxy) is 2. The van der Waals surface area contributed by atoms with E-state index >= 15 is 0 Å². The first-order valence-corrected chi connectivity index (χ1v) is 7.68. The van der Waals surface area contributed by atoms with Crippen molar-refractivity contribution in [2.24, 2.45) is 0 Å². The molecule has 5 nitrogen and oxygen atoms in total. The second-order valence-corrected chi connectivity index (χ2v) is 5.63. The van der Waals surface area contributed by atoms with Gasteiger partial charge in [-0.3, -0.25) is 5.73 Å². The maximum absolute atomic E-state index is 9.58. The molecule has 1 heterocycles. The molecule has 0 spiro atoms. The molecule has 23 heavy (non-hydrogen) atoms. The van der Waals surface area contributed by atoms with E-state index in [0.717, 1.165) is 42.5 Å². The van der Waals surface area contributed by atoms with Crippen molar-refractivity contribution in [3.63, 3.8) is 0 Å². The van der Waals surface area contributed by atoms with E-state index in [2.05, 4.69) is 11.1 Å². The Labute approximate surface area is 135 Å². The summed E-state index contributed by atoms with van der Waals surface area (Å²) >= 11 is 0. The van der Waals surface area contributed by atoms with Gasteiger partial charge >= 0.3 is 0 Å². The lowest BCUT2D eigenvalue weighted by Crippen LogP contribution is -2.24. The number of fused-ring (bicyclic) bond motifs is 1. The number of methoxy groups -OCH3 is 2. The fourth-order valence-corrected chi connectivity index (χ4v) is 3.26. The Hall–Kier alpha value is -2.74. The molecule has 0 aliphatic heterocycles. The van der Waals surface area contributed by atoms with Crippen molar-refractivity contribution in [3.8, 4) is 28.7 Å². The number of hydrogen-bond acceptors (Lipinski definition) is 4. The Balaban J connectivity index is 2.27. The Morgan fingerprint density at radius 2 is 1.87 bits per heavy atom. The first-order chi connectivity index (χ1) is 11.2. The smallest absolute Gasteiger partial charge is 0.289 e. The second-order valence-electron chi connectivity index (χ2n) is 5.63. The molecule has 118 valence electrons. The van der Waals surface area contributed by atoms with Gasteiger partial charge in [0.2, 0.25) is 0 Å². The minimum absolute atomic E-state index is 0.429. The van der Waals surface area contributed by atoms with Gasteiger partial charge in [0.05, 0.1) is 14.2 Å². The van der Waals surface area contributed by atoms with Crippen LogP contribution in [0, 0.1) is 11.3 Å². The zero-order valence-corrected chi connectivity index (χ0v) is 13.4. The molecule has 3 rings (SSSR count). The third kappa shape index (κ3) is 2.57. The number of nitrogen functional groups attached to an aromatic ring is 1. The Kier molecular flexibility index (Phi) is 4.07. The maximum Gasteiger partial charge on any atom is 0.289 e. The minimum Gasteiger partial charge on any atom is -0.493 e. The molecule has 1 aromatic heterocycles. The van der Waals surface area contributed by atoms with Gasteiger partial charge in [-0.1, -0.05) is 6.07 Å². The van der Waals surface area contributed by atoms with Crippen molar-refractivity contribution in [1.82, 2.24) is 0 Å². The third-order valence-electron chi connectivity index (χ3n) is 4.36. The predicted octanol–water partition coefficient (Wildman–Crippen LogP) is 2.52. The number of rotatable bonds is 3. The fourth-order valence-electron chi connectivity index (χ4n) is 3.26. The van der Waals surface area contributed by atoms with Crippen LogP contribution in [0.25, 0.3) is 11.1 Å². The highest BCUT2D eigenvalue weighted by Crippen LogP contribution is 2.38. The summed E-state index contributed by atoms with van der Waals surface area (Å²) in [7, 11) is 3.21. The van der Waals surface area contributed by atoms with Crippen LogP contribution in [-0.4, -0.2) is 14.2 Å². The van der Waals surface area contributed by atoms with E-state index in [1.165, 1.54) is 5.56 Å². The summed E-state index contributed by atoms with van der Waals surface area (Å²) in [5, 5.41) is 9.58. The van der Waals surface area contributed by atoms with Gasteiger partial charge in [0.15, 0.2) is 11.5 Å². The van der Waals surface area contributed by atoms with E-state index in [0.29, 0.717) is 22.9 Å². The molecule has 0 radical (unpaired) electrons. The number of pyridine rings is 1. The summed E-state index contributed by atoms with van der Waals surface area (Å²) in [6, 6.07) is 7.97. The van der Waals surface area contributed by atoms with Gasteiger partial charge in [0, 0.05) is 17.5 Å². The number of aromatic amines is 1. The highest BCUT2D eigenvalue weighted by molar-refractivity contribution is 5.79. The first kappa shape index (κ1) is 15.2. The number of aromatic nitrogens is 1. The second kappa shape index (κ2) is 6.17. The van der Waals surface area contributed by atoms with Gasteiger partial charge in [0.1, 0.15) is 17.3 Å². The van der Waals surface area contributed by atoms with Crippen LogP contribution in [0.4, 0.5) is 5.82 Å². The van der Waals surface area contributed by atoms with Crippen molar-refractivity contribution < 1.29 is 14.5 Å². The summed E-state index contributed by atoms with van der Waals surface area (Å²) in [6.07, 6.45) is 4.17. The van der Waals surface area contributed by atoms with E-state index < -0.39 is 0 Å². The molecule has 0 amide bonds. The summed E-state index contributed by atoms with van der Waals surface area (Å²) in [6.45, 7) is 0. The summed E-state index contributed by atoms with van der Waals surface area (Å²) in [5.41, 5.74) is 10.8. The molecule has 5 heteroatoms. The van der Waals surface area contributed by atoms with Crippen molar-refractivity contribution in [2.45, 2.75) is 25.7 Å². The summed E-state index contributed by atoms with van der Waals surface area (Å²) in [5.74, 6) is 1.74. The van der Waals surface area contributed by atoms with Gasteiger partial charge in [-0.2, -0.15) is 5.26 Å². The fraction of sp³-hybridized carbons (Fsp3) is 0.333. The molecule has 2 aromatic rings. The maximum atomic E-state index is 9.58. The SMILES string of the molecule is COc1ccc(-c2c(C#N)c(N)[nH+]c3c2CCCC3)cc1OC. The average Bonchev–Trinajstić information content (AvgIpc) is 2.59. The van der Waals surface area contributed by atoms with E-state index in [1.54, 1.807) is 14.2 Å². The molecule has 0 unspecified atom stereocenters. The molecule has 1 aliphatic carbocycles. The average molecular weight is 310 g/mol. The van der Waals surface area contributed by atoms with Crippen LogP contribution >= 0.6 is 0 Å². The molecule has 1 aliphatic rings. The van der Waals surface area contributed by atoms with Crippen molar-refractivity contribution in [1.29, 1.82) is 5.26 Å². The van der Waals surface area contributed by atoms with Crippen LogP contribution in [0.1, 0.15) is 29.7 Å². The largest absolute Gasteiger partial charge is 0.493 e. The lowest BCUT2D eigenvalue weighted by atomic mass is 9.86. The van der Waals surface area contributed by atoms with Gasteiger partial charge in [-0.05, 0) is 37.0 Å². The Morgan fingerprint density at radius 1 is 1.13 bits per heavy atom. The van der Waals surface area contributed by atoms with Crippen LogP contribution < -0.4 is 20.2 Å². The Morgan fingerprint density at radius 3 is 2.57 bits per heavy atom. The standard InChI is InChI=1S/C18H19N3O2/c1-22-15-8-7-11(9-16(15)23-2)17-12-5-3-4-6-14(12)21-18(20)13(17)10-19/h7-9H,3-6H2,1-2H3,(H2,20,21)/p+1. The molecular weight excluding hydrogens is 290 g/mol. The highest BCUT2D eigenvalue weighted by atomic mass is 16.5. The van der Waals surface area contributed by atoms with Gasteiger partial charge in [-0.25, -0.2) is 4.98 Å². The number of aryl methyl sites for hydroxylation is 1. The number of hydrogen-bond donors (Lipinski definition) is 1. The van der Waals surface area contributed by atoms with Gasteiger partial charge in [0.25, 0.3) is 5.82 Å². The van der Waals surface area contributed by atoms with E-state index in [-0.39, 0.29) is 0 Å². The van der Waals surface area contributed by atoms with E-state index in [1.807, 2.05) is 18.2 Å². The number of nitriles is 1. The summed E-state index contributed by atoms with van der Waals surface area (Å²) in [4.78, 5) is 3.21. The number of H-pyrrole nitrogens is 1. The monoisotopic (exact) mass is 310 g/mol. The zero-order chi connectivity index (χ0) is 16.4. The number of nitrogens with two attached hydrogens (primary N) is 1. The number of nitrogens with one attached hydrogen (secondary N) is 1. The molecule has 0 atom stereocenters. The van der Waals surface area contributed by atoms with Crippen LogP contribution in [0.5, 0.6) is 11.5 Å². The van der Waals surface area contributed by atoms with E-state index in [4.69, 9.17) is 15.2 Å². The molecule has 0 bridgehead atoms. The number of anilines is 1. The molecule has 0 saturated carbocycles. The first-order valence-electron chi connectivity index (χ1n) is 7.68. The number of benzene rings is 1. The molecule has 0 saturated heterocycles. The van der Waals surface area contributed by atoms with Crippen molar-refractivity contribution >= 4 is 5.82 Å².